The van der Waals surface area contributed by atoms with Crippen molar-refractivity contribution in [2.24, 2.45) is 0 Å². The van der Waals surface area contributed by atoms with Crippen LogP contribution in [0.5, 0.6) is 0 Å². The molecule has 0 aliphatic heterocycles. The molecule has 158 valence electrons. The lowest BCUT2D eigenvalue weighted by Crippen LogP contribution is -2.25. The van der Waals surface area contributed by atoms with Gasteiger partial charge in [-0.05, 0) is 57.0 Å². The molecule has 0 atom stereocenters. The van der Waals surface area contributed by atoms with Crippen LogP contribution >= 0.6 is 11.6 Å². The highest BCUT2D eigenvalue weighted by molar-refractivity contribution is 6.31. The fourth-order valence-electron chi connectivity index (χ4n) is 4.00. The molecule has 0 amide bonds. The van der Waals surface area contributed by atoms with Gasteiger partial charge >= 0.3 is 0 Å². The van der Waals surface area contributed by atoms with E-state index in [4.69, 9.17) is 16.4 Å². The Bertz CT molecular complexity index is 1040. The Balaban J connectivity index is 1.56. The molecule has 30 heavy (non-hydrogen) atoms. The van der Waals surface area contributed by atoms with Gasteiger partial charge in [-0.1, -0.05) is 36.4 Å². The van der Waals surface area contributed by atoms with Crippen LogP contribution in [0.1, 0.15) is 57.1 Å². The molecule has 0 saturated heterocycles. The smallest absolute Gasteiger partial charge is 0.130 e. The van der Waals surface area contributed by atoms with Gasteiger partial charge in [0.25, 0.3) is 0 Å². The molecular weight excluding hydrogens is 401 g/mol. The fraction of sp³-hybridized carbons (Fsp3) is 0.375. The zero-order chi connectivity index (χ0) is 21.1. The van der Waals surface area contributed by atoms with Crippen LogP contribution in [0.3, 0.4) is 0 Å². The van der Waals surface area contributed by atoms with Crippen molar-refractivity contribution in [1.82, 2.24) is 15.0 Å². The zero-order valence-electron chi connectivity index (χ0n) is 17.4. The summed E-state index contributed by atoms with van der Waals surface area (Å²) in [6, 6.07) is 9.10. The van der Waals surface area contributed by atoms with Crippen LogP contribution in [0.4, 0.5) is 4.39 Å². The van der Waals surface area contributed by atoms with Crippen molar-refractivity contribution in [3.63, 3.8) is 0 Å². The predicted octanol–water partition coefficient (Wildman–Crippen LogP) is 6.48. The molecule has 1 saturated carbocycles. The molecule has 4 rings (SSSR count). The number of aromatic nitrogens is 2. The van der Waals surface area contributed by atoms with Gasteiger partial charge in [0.15, 0.2) is 0 Å². The molecule has 4 nitrogen and oxygen atoms in total. The third-order valence-corrected chi connectivity index (χ3v) is 6.01. The molecule has 1 aliphatic carbocycles. The Morgan fingerprint density at radius 3 is 2.77 bits per heavy atom. The molecule has 1 fully saturated rings. The lowest BCUT2D eigenvalue weighted by molar-refractivity contribution is -0.0156. The van der Waals surface area contributed by atoms with Gasteiger partial charge in [-0.2, -0.15) is 0 Å². The summed E-state index contributed by atoms with van der Waals surface area (Å²) in [5.41, 5.74) is 7.84. The van der Waals surface area contributed by atoms with Crippen molar-refractivity contribution in [2.75, 3.05) is 0 Å². The van der Waals surface area contributed by atoms with Gasteiger partial charge in [0.2, 0.25) is 0 Å². The van der Waals surface area contributed by atoms with Crippen LogP contribution in [0.15, 0.2) is 48.3 Å². The molecule has 1 aromatic carbocycles. The fourth-order valence-corrected chi connectivity index (χ4v) is 4.27. The second kappa shape index (κ2) is 9.19. The number of hydrogen-bond acceptors (Lipinski definition) is 3. The number of benzene rings is 1. The van der Waals surface area contributed by atoms with Crippen LogP contribution in [0.25, 0.3) is 16.7 Å². The monoisotopic (exact) mass is 427 g/mol. The van der Waals surface area contributed by atoms with Gasteiger partial charge < -0.3 is 4.57 Å². The summed E-state index contributed by atoms with van der Waals surface area (Å²) in [5.74, 6) is -0.332. The molecular formula is C24H27ClFN3O. The summed E-state index contributed by atoms with van der Waals surface area (Å²) in [4.78, 5) is 10.2. The quantitative estimate of drug-likeness (QED) is 0.457. The van der Waals surface area contributed by atoms with Crippen molar-refractivity contribution in [1.29, 1.82) is 0 Å². The van der Waals surface area contributed by atoms with E-state index in [1.165, 1.54) is 25.3 Å². The van der Waals surface area contributed by atoms with Crippen molar-refractivity contribution >= 4 is 28.3 Å². The Kier molecular flexibility index (Phi) is 6.40. The van der Waals surface area contributed by atoms with Crippen LogP contribution in [-0.2, 0) is 11.4 Å². The summed E-state index contributed by atoms with van der Waals surface area (Å²) >= 11 is 6.54. The van der Waals surface area contributed by atoms with Crippen molar-refractivity contribution in [3.8, 4) is 0 Å². The SMILES string of the molecule is CC(C)=C(NOC1CCCCC1)c1cc(F)c(Cn2ccc3ncccc32)c(Cl)c1. The molecule has 0 unspecified atom stereocenters. The van der Waals surface area contributed by atoms with Gasteiger partial charge in [-0.15, -0.1) is 0 Å². The third kappa shape index (κ3) is 4.52. The van der Waals surface area contributed by atoms with E-state index in [0.717, 1.165) is 35.1 Å². The minimum atomic E-state index is -0.332. The number of hydrogen-bond donors (Lipinski definition) is 1. The molecule has 2 heterocycles. The van der Waals surface area contributed by atoms with Crippen LogP contribution < -0.4 is 5.48 Å². The van der Waals surface area contributed by atoms with Crippen molar-refractivity contribution in [3.05, 3.63) is 70.3 Å². The second-order valence-corrected chi connectivity index (χ2v) is 8.53. The summed E-state index contributed by atoms with van der Waals surface area (Å²) in [7, 11) is 0. The lowest BCUT2D eigenvalue weighted by Gasteiger charge is -2.24. The first-order chi connectivity index (χ1) is 14.5. The van der Waals surface area contributed by atoms with E-state index in [0.29, 0.717) is 22.7 Å². The number of pyridine rings is 1. The molecule has 3 aromatic rings. The highest BCUT2D eigenvalue weighted by atomic mass is 35.5. The topological polar surface area (TPSA) is 39.1 Å². The third-order valence-electron chi connectivity index (χ3n) is 5.68. The van der Waals surface area contributed by atoms with E-state index < -0.39 is 0 Å². The molecule has 0 radical (unpaired) electrons. The average Bonchev–Trinajstić information content (AvgIpc) is 3.14. The van der Waals surface area contributed by atoms with E-state index in [1.807, 2.05) is 48.9 Å². The maximum absolute atomic E-state index is 15.1. The molecule has 0 bridgehead atoms. The first kappa shape index (κ1) is 20.9. The van der Waals surface area contributed by atoms with Crippen molar-refractivity contribution in [2.45, 2.75) is 58.6 Å². The van der Waals surface area contributed by atoms with Crippen LogP contribution in [0, 0.1) is 5.82 Å². The van der Waals surface area contributed by atoms with Gasteiger partial charge in [0.1, 0.15) is 5.82 Å². The molecule has 2 aromatic heterocycles. The number of allylic oxidation sites excluding steroid dienone is 1. The number of hydroxylamine groups is 1. The second-order valence-electron chi connectivity index (χ2n) is 8.12. The predicted molar refractivity (Wildman–Crippen MR) is 120 cm³/mol. The van der Waals surface area contributed by atoms with Crippen molar-refractivity contribution < 1.29 is 9.23 Å². The maximum Gasteiger partial charge on any atom is 0.130 e. The van der Waals surface area contributed by atoms with Gasteiger partial charge in [-0.3, -0.25) is 15.3 Å². The van der Waals surface area contributed by atoms with E-state index in [9.17, 15) is 0 Å². The van der Waals surface area contributed by atoms with E-state index in [1.54, 1.807) is 6.20 Å². The number of nitrogens with one attached hydrogen (secondary N) is 1. The van der Waals surface area contributed by atoms with Gasteiger partial charge in [0, 0.05) is 28.5 Å². The minimum Gasteiger partial charge on any atom is -0.342 e. The summed E-state index contributed by atoms with van der Waals surface area (Å²) in [5, 5.41) is 0.397. The van der Waals surface area contributed by atoms with Gasteiger partial charge in [0.05, 0.1) is 29.4 Å². The standard InChI is InChI=1S/C24H27ClFN3O/c1-16(2)24(28-30-18-7-4-3-5-8-18)17-13-20(25)19(21(26)14-17)15-29-12-10-22-23(29)9-6-11-27-22/h6,9-14,18,28H,3-5,7-8,15H2,1-2H3. The van der Waals surface area contributed by atoms with E-state index >= 15 is 4.39 Å². The Morgan fingerprint density at radius 1 is 1.23 bits per heavy atom. The van der Waals surface area contributed by atoms with E-state index in [2.05, 4.69) is 10.5 Å². The summed E-state index contributed by atoms with van der Waals surface area (Å²) in [6.45, 7) is 4.30. The number of rotatable bonds is 6. The Labute approximate surface area is 181 Å². The Hall–Kier alpha value is -2.37. The summed E-state index contributed by atoms with van der Waals surface area (Å²) < 4.78 is 17.1. The average molecular weight is 428 g/mol. The maximum atomic E-state index is 15.1. The molecule has 1 N–H and O–H groups in total. The normalized spacial score (nSPS) is 14.8. The van der Waals surface area contributed by atoms with Crippen LogP contribution in [-0.4, -0.2) is 15.7 Å². The highest BCUT2D eigenvalue weighted by Gasteiger charge is 2.18. The Morgan fingerprint density at radius 2 is 2.03 bits per heavy atom. The number of fused-ring (bicyclic) bond motifs is 1. The first-order valence-corrected chi connectivity index (χ1v) is 10.9. The summed E-state index contributed by atoms with van der Waals surface area (Å²) in [6.07, 6.45) is 9.60. The lowest BCUT2D eigenvalue weighted by atomic mass is 9.98. The number of nitrogens with zero attached hydrogens (tertiary/aromatic N) is 2. The highest BCUT2D eigenvalue weighted by Crippen LogP contribution is 2.29. The largest absolute Gasteiger partial charge is 0.342 e. The molecule has 0 spiro atoms. The minimum absolute atomic E-state index is 0.198. The molecule has 6 heteroatoms. The first-order valence-electron chi connectivity index (χ1n) is 10.5. The number of halogens is 2. The van der Waals surface area contributed by atoms with E-state index in [-0.39, 0.29) is 11.9 Å². The van der Waals surface area contributed by atoms with Gasteiger partial charge in [-0.25, -0.2) is 4.39 Å². The zero-order valence-corrected chi connectivity index (χ0v) is 18.2. The van der Waals surface area contributed by atoms with Crippen LogP contribution in [0.2, 0.25) is 5.02 Å². The molecule has 1 aliphatic rings.